The molecule has 1 fully saturated rings. The maximum atomic E-state index is 12.6. The Labute approximate surface area is 152 Å². The van der Waals surface area contributed by atoms with E-state index in [0.29, 0.717) is 17.3 Å². The highest BCUT2D eigenvalue weighted by atomic mass is 16.2. The van der Waals surface area contributed by atoms with Gasteiger partial charge in [-0.05, 0) is 25.3 Å². The van der Waals surface area contributed by atoms with Gasteiger partial charge in [-0.1, -0.05) is 25.1 Å². The predicted molar refractivity (Wildman–Crippen MR) is 99.1 cm³/mol. The average molecular weight is 356 g/mol. The van der Waals surface area contributed by atoms with Crippen LogP contribution in [0.3, 0.4) is 0 Å². The smallest absolute Gasteiger partial charge is 0.274 e. The molecule has 0 spiro atoms. The van der Waals surface area contributed by atoms with Crippen LogP contribution in [0.5, 0.6) is 0 Å². The van der Waals surface area contributed by atoms with Gasteiger partial charge in [0, 0.05) is 38.0 Å². The van der Waals surface area contributed by atoms with Crippen molar-refractivity contribution in [2.75, 3.05) is 19.6 Å². The van der Waals surface area contributed by atoms with E-state index in [4.69, 9.17) is 0 Å². The number of likely N-dealkylation sites (tertiary alicyclic amines) is 1. The van der Waals surface area contributed by atoms with Crippen molar-refractivity contribution in [1.82, 2.24) is 20.0 Å². The van der Waals surface area contributed by atoms with Gasteiger partial charge in [0.25, 0.3) is 11.5 Å². The topological polar surface area (TPSA) is 84.3 Å². The Balaban J connectivity index is 1.76. The van der Waals surface area contributed by atoms with Gasteiger partial charge in [0.05, 0.1) is 5.39 Å². The number of carbonyl (C=O) groups is 2. The van der Waals surface area contributed by atoms with E-state index in [2.05, 4.69) is 10.4 Å². The maximum absolute atomic E-state index is 12.6. The Morgan fingerprint density at radius 3 is 2.54 bits per heavy atom. The molecule has 2 amide bonds. The summed E-state index contributed by atoms with van der Waals surface area (Å²) in [6.45, 7) is 4.28. The molecule has 1 aromatic carbocycles. The van der Waals surface area contributed by atoms with Gasteiger partial charge in [-0.2, -0.15) is 5.10 Å². The van der Waals surface area contributed by atoms with Crippen molar-refractivity contribution in [3.8, 4) is 0 Å². The van der Waals surface area contributed by atoms with Gasteiger partial charge in [-0.25, -0.2) is 4.68 Å². The van der Waals surface area contributed by atoms with E-state index in [1.807, 2.05) is 11.8 Å². The lowest BCUT2D eigenvalue weighted by molar-refractivity contribution is -0.129. The van der Waals surface area contributed by atoms with E-state index in [9.17, 15) is 14.4 Å². The van der Waals surface area contributed by atoms with Gasteiger partial charge >= 0.3 is 0 Å². The van der Waals surface area contributed by atoms with Gasteiger partial charge < -0.3 is 10.2 Å². The van der Waals surface area contributed by atoms with Crippen LogP contribution in [0.25, 0.3) is 10.8 Å². The third-order valence-electron chi connectivity index (χ3n) is 4.60. The van der Waals surface area contributed by atoms with E-state index in [-0.39, 0.29) is 36.0 Å². The number of benzene rings is 1. The molecule has 0 bridgehead atoms. The van der Waals surface area contributed by atoms with Crippen molar-refractivity contribution in [2.24, 2.45) is 0 Å². The fourth-order valence-corrected chi connectivity index (χ4v) is 3.26. The minimum Gasteiger partial charge on any atom is -0.350 e. The zero-order chi connectivity index (χ0) is 18.5. The first-order valence-electron chi connectivity index (χ1n) is 9.17. The highest BCUT2D eigenvalue weighted by molar-refractivity contribution is 6.04. The number of aryl methyl sites for hydroxylation is 1. The van der Waals surface area contributed by atoms with Crippen molar-refractivity contribution < 1.29 is 9.59 Å². The molecule has 1 saturated heterocycles. The summed E-state index contributed by atoms with van der Waals surface area (Å²) in [5.74, 6) is -0.295. The Morgan fingerprint density at radius 1 is 1.15 bits per heavy atom. The fraction of sp³-hybridized carbons (Fsp3) is 0.474. The van der Waals surface area contributed by atoms with Crippen molar-refractivity contribution >= 4 is 22.6 Å². The number of aromatic nitrogens is 2. The summed E-state index contributed by atoms with van der Waals surface area (Å²) < 4.78 is 1.34. The lowest BCUT2D eigenvalue weighted by Gasteiger charge is -2.15. The molecular formula is C19H24N4O3. The third-order valence-corrected chi connectivity index (χ3v) is 4.60. The van der Waals surface area contributed by atoms with Crippen LogP contribution >= 0.6 is 0 Å². The summed E-state index contributed by atoms with van der Waals surface area (Å²) in [4.78, 5) is 39.0. The van der Waals surface area contributed by atoms with Crippen molar-refractivity contribution in [3.63, 3.8) is 0 Å². The molecule has 1 N–H and O–H groups in total. The molecule has 0 atom stereocenters. The van der Waals surface area contributed by atoms with E-state index in [1.54, 1.807) is 24.3 Å². The lowest BCUT2D eigenvalue weighted by atomic mass is 10.1. The number of carbonyl (C=O) groups excluding carboxylic acids is 2. The van der Waals surface area contributed by atoms with Crippen LogP contribution in [-0.2, 0) is 11.3 Å². The number of nitrogens with one attached hydrogen (secondary N) is 1. The lowest BCUT2D eigenvalue weighted by Crippen LogP contribution is -2.34. The quantitative estimate of drug-likeness (QED) is 0.851. The minimum atomic E-state index is -0.361. The van der Waals surface area contributed by atoms with Crippen molar-refractivity contribution in [1.29, 1.82) is 0 Å². The summed E-state index contributed by atoms with van der Waals surface area (Å²) >= 11 is 0. The van der Waals surface area contributed by atoms with E-state index in [0.717, 1.165) is 32.4 Å². The SMILES string of the molecule is CCCn1nc(C(=O)NCCC(=O)N2CCCC2)c2ccccc2c1=O. The largest absolute Gasteiger partial charge is 0.350 e. The van der Waals surface area contributed by atoms with Crippen LogP contribution in [0, 0.1) is 0 Å². The molecule has 2 heterocycles. The van der Waals surface area contributed by atoms with Gasteiger partial charge in [0.1, 0.15) is 0 Å². The zero-order valence-corrected chi connectivity index (χ0v) is 15.0. The first kappa shape index (κ1) is 18.1. The second kappa shape index (κ2) is 8.12. The highest BCUT2D eigenvalue weighted by Gasteiger charge is 2.19. The normalized spacial score (nSPS) is 14.0. The van der Waals surface area contributed by atoms with Gasteiger partial charge in [-0.15, -0.1) is 0 Å². The minimum absolute atomic E-state index is 0.0663. The second-order valence-electron chi connectivity index (χ2n) is 6.52. The Hall–Kier alpha value is -2.70. The van der Waals surface area contributed by atoms with Crippen LogP contribution in [0.1, 0.15) is 43.1 Å². The highest BCUT2D eigenvalue weighted by Crippen LogP contribution is 2.13. The summed E-state index contributed by atoms with van der Waals surface area (Å²) in [6, 6.07) is 6.99. The average Bonchev–Trinajstić information content (AvgIpc) is 3.19. The summed E-state index contributed by atoms with van der Waals surface area (Å²) in [5.41, 5.74) is 0.0329. The Bertz CT molecular complexity index is 869. The molecule has 0 saturated carbocycles. The van der Waals surface area contributed by atoms with Crippen molar-refractivity contribution in [2.45, 2.75) is 39.2 Å². The first-order chi connectivity index (χ1) is 12.6. The molecule has 26 heavy (non-hydrogen) atoms. The molecule has 7 nitrogen and oxygen atoms in total. The van der Waals surface area contributed by atoms with Crippen LogP contribution in [0.15, 0.2) is 29.1 Å². The molecule has 3 rings (SSSR count). The van der Waals surface area contributed by atoms with E-state index in [1.165, 1.54) is 4.68 Å². The fourth-order valence-electron chi connectivity index (χ4n) is 3.26. The Morgan fingerprint density at radius 2 is 1.85 bits per heavy atom. The molecule has 1 aliphatic rings. The van der Waals surface area contributed by atoms with Crippen molar-refractivity contribution in [3.05, 3.63) is 40.3 Å². The number of fused-ring (bicyclic) bond motifs is 1. The summed E-state index contributed by atoms with van der Waals surface area (Å²) in [6.07, 6.45) is 3.12. The summed E-state index contributed by atoms with van der Waals surface area (Å²) in [5, 5.41) is 8.05. The predicted octanol–water partition coefficient (Wildman–Crippen LogP) is 1.55. The molecule has 0 unspecified atom stereocenters. The second-order valence-corrected chi connectivity index (χ2v) is 6.52. The van der Waals surface area contributed by atoms with Gasteiger partial charge in [0.2, 0.25) is 5.91 Å². The zero-order valence-electron chi connectivity index (χ0n) is 15.0. The molecular weight excluding hydrogens is 332 g/mol. The number of hydrogen-bond donors (Lipinski definition) is 1. The standard InChI is InChI=1S/C19H24N4O3/c1-2-11-23-19(26)15-8-4-3-7-14(15)17(21-23)18(25)20-10-9-16(24)22-12-5-6-13-22/h3-4,7-8H,2,5-6,9-13H2,1H3,(H,20,25). The van der Waals surface area contributed by atoms with Crippen LogP contribution in [0.2, 0.25) is 0 Å². The number of amides is 2. The molecule has 0 aliphatic carbocycles. The Kier molecular flexibility index (Phi) is 5.65. The number of rotatable bonds is 6. The van der Waals surface area contributed by atoms with Crippen LogP contribution in [-0.4, -0.2) is 46.1 Å². The summed E-state index contributed by atoms with van der Waals surface area (Å²) in [7, 11) is 0. The van der Waals surface area contributed by atoms with Crippen LogP contribution < -0.4 is 10.9 Å². The number of hydrogen-bond acceptors (Lipinski definition) is 4. The molecule has 1 aromatic heterocycles. The monoisotopic (exact) mass is 356 g/mol. The molecule has 2 aromatic rings. The van der Waals surface area contributed by atoms with Crippen LogP contribution in [0.4, 0.5) is 0 Å². The van der Waals surface area contributed by atoms with E-state index >= 15 is 0 Å². The molecule has 0 radical (unpaired) electrons. The molecule has 7 heteroatoms. The van der Waals surface area contributed by atoms with Gasteiger partial charge in [-0.3, -0.25) is 14.4 Å². The first-order valence-corrected chi connectivity index (χ1v) is 9.17. The van der Waals surface area contributed by atoms with Gasteiger partial charge in [0.15, 0.2) is 5.69 Å². The molecule has 1 aliphatic heterocycles. The maximum Gasteiger partial charge on any atom is 0.274 e. The van der Waals surface area contributed by atoms with E-state index < -0.39 is 0 Å². The third kappa shape index (κ3) is 3.76. The molecule has 138 valence electrons. The number of nitrogens with zero attached hydrogens (tertiary/aromatic N) is 3.